The Morgan fingerprint density at radius 1 is 1.14 bits per heavy atom. The van der Waals surface area contributed by atoms with Crippen LogP contribution in [0.4, 0.5) is 10.1 Å². The number of ketones is 1. The van der Waals surface area contributed by atoms with Crippen molar-refractivity contribution in [3.63, 3.8) is 0 Å². The van der Waals surface area contributed by atoms with Crippen LogP contribution in [0, 0.1) is 5.82 Å². The molecule has 2 aromatic carbocycles. The molecule has 0 unspecified atom stereocenters. The van der Waals surface area contributed by atoms with Crippen LogP contribution in [0.25, 0.3) is 10.9 Å². The van der Waals surface area contributed by atoms with Gasteiger partial charge in [-0.15, -0.1) is 0 Å². The molecule has 0 aliphatic heterocycles. The lowest BCUT2D eigenvalue weighted by atomic mass is 10.1. The first-order valence-corrected chi connectivity index (χ1v) is 6.80. The second kappa shape index (κ2) is 5.61. The molecule has 3 rings (SSSR count). The van der Waals surface area contributed by atoms with E-state index in [0.29, 0.717) is 21.6 Å². The van der Waals surface area contributed by atoms with Crippen LogP contribution in [0.1, 0.15) is 10.4 Å². The van der Waals surface area contributed by atoms with Crippen molar-refractivity contribution in [1.82, 2.24) is 4.98 Å². The summed E-state index contributed by atoms with van der Waals surface area (Å²) < 4.78 is 13.1. The van der Waals surface area contributed by atoms with Crippen LogP contribution < -0.4 is 5.32 Å². The van der Waals surface area contributed by atoms with Gasteiger partial charge in [-0.3, -0.25) is 9.59 Å². The minimum atomic E-state index is -0.785. The number of aromatic nitrogens is 1. The van der Waals surface area contributed by atoms with Crippen molar-refractivity contribution in [2.75, 3.05) is 5.32 Å². The molecule has 2 N–H and O–H groups in total. The van der Waals surface area contributed by atoms with E-state index >= 15 is 0 Å². The van der Waals surface area contributed by atoms with Gasteiger partial charge in [0.25, 0.3) is 11.7 Å². The van der Waals surface area contributed by atoms with Crippen molar-refractivity contribution in [2.45, 2.75) is 0 Å². The van der Waals surface area contributed by atoms with Gasteiger partial charge in [-0.1, -0.05) is 17.7 Å². The molecule has 1 heterocycles. The predicted molar refractivity (Wildman–Crippen MR) is 82.7 cm³/mol. The van der Waals surface area contributed by atoms with Gasteiger partial charge in [0, 0.05) is 27.8 Å². The summed E-state index contributed by atoms with van der Waals surface area (Å²) in [7, 11) is 0. The van der Waals surface area contributed by atoms with Gasteiger partial charge in [-0.25, -0.2) is 4.39 Å². The Morgan fingerprint density at radius 3 is 2.73 bits per heavy atom. The number of hydrogen-bond donors (Lipinski definition) is 2. The Bertz CT molecular complexity index is 889. The smallest absolute Gasteiger partial charge is 0.296 e. The number of halogens is 2. The lowest BCUT2D eigenvalue weighted by Crippen LogP contribution is -2.22. The van der Waals surface area contributed by atoms with Crippen molar-refractivity contribution in [2.24, 2.45) is 0 Å². The van der Waals surface area contributed by atoms with Gasteiger partial charge >= 0.3 is 0 Å². The van der Waals surface area contributed by atoms with E-state index in [0.717, 1.165) is 0 Å². The summed E-state index contributed by atoms with van der Waals surface area (Å²) in [4.78, 5) is 27.1. The van der Waals surface area contributed by atoms with Crippen LogP contribution in [-0.2, 0) is 4.79 Å². The number of fused-ring (bicyclic) bond motifs is 1. The van der Waals surface area contributed by atoms with E-state index in [2.05, 4.69) is 10.3 Å². The molecular weight excluding hydrogens is 307 g/mol. The highest BCUT2D eigenvalue weighted by atomic mass is 35.5. The first-order valence-electron chi connectivity index (χ1n) is 6.42. The highest BCUT2D eigenvalue weighted by molar-refractivity contribution is 6.48. The number of amides is 1. The Kier molecular flexibility index (Phi) is 3.65. The molecule has 0 atom stereocenters. The van der Waals surface area contributed by atoms with E-state index in [4.69, 9.17) is 11.6 Å². The minimum absolute atomic E-state index is 0.189. The second-order valence-corrected chi connectivity index (χ2v) is 5.12. The molecule has 0 aliphatic carbocycles. The summed E-state index contributed by atoms with van der Waals surface area (Å²) in [6, 6.07) is 10.5. The zero-order valence-electron chi connectivity index (χ0n) is 11.2. The second-order valence-electron chi connectivity index (χ2n) is 4.69. The number of rotatable bonds is 3. The predicted octanol–water partition coefficient (Wildman–Crippen LogP) is 3.78. The third-order valence-corrected chi connectivity index (χ3v) is 3.41. The first-order chi connectivity index (χ1) is 10.5. The molecule has 0 radical (unpaired) electrons. The first kappa shape index (κ1) is 14.3. The highest BCUT2D eigenvalue weighted by Crippen LogP contribution is 2.21. The summed E-state index contributed by atoms with van der Waals surface area (Å²) in [5.74, 6) is -1.91. The topological polar surface area (TPSA) is 62.0 Å². The van der Waals surface area contributed by atoms with Crippen molar-refractivity contribution in [3.8, 4) is 0 Å². The molecule has 110 valence electrons. The van der Waals surface area contributed by atoms with Crippen molar-refractivity contribution < 1.29 is 14.0 Å². The van der Waals surface area contributed by atoms with E-state index < -0.39 is 17.5 Å². The van der Waals surface area contributed by atoms with E-state index in [1.165, 1.54) is 30.5 Å². The molecule has 1 aromatic heterocycles. The number of aromatic amines is 1. The molecule has 0 spiro atoms. The van der Waals surface area contributed by atoms with E-state index in [9.17, 15) is 14.0 Å². The molecule has 1 amide bonds. The van der Waals surface area contributed by atoms with Crippen molar-refractivity contribution in [3.05, 3.63) is 65.1 Å². The molecule has 3 aromatic rings. The summed E-state index contributed by atoms with van der Waals surface area (Å²) in [5.41, 5.74) is 1.07. The quantitative estimate of drug-likeness (QED) is 0.570. The average molecular weight is 317 g/mol. The van der Waals surface area contributed by atoms with Gasteiger partial charge in [0.1, 0.15) is 5.82 Å². The fourth-order valence-corrected chi connectivity index (χ4v) is 2.35. The lowest BCUT2D eigenvalue weighted by molar-refractivity contribution is -0.112. The van der Waals surface area contributed by atoms with Gasteiger partial charge in [-0.2, -0.15) is 0 Å². The molecule has 22 heavy (non-hydrogen) atoms. The number of benzene rings is 2. The summed E-state index contributed by atoms with van der Waals surface area (Å²) in [6.45, 7) is 0. The van der Waals surface area contributed by atoms with Crippen molar-refractivity contribution >= 4 is 39.9 Å². The summed E-state index contributed by atoms with van der Waals surface area (Å²) >= 11 is 5.82. The fourth-order valence-electron chi connectivity index (χ4n) is 2.16. The highest BCUT2D eigenvalue weighted by Gasteiger charge is 2.20. The number of hydrogen-bond acceptors (Lipinski definition) is 2. The molecule has 6 heteroatoms. The summed E-state index contributed by atoms with van der Waals surface area (Å²) in [6.07, 6.45) is 1.39. The summed E-state index contributed by atoms with van der Waals surface area (Å²) in [5, 5.41) is 3.43. The fraction of sp³-hybridized carbons (Fsp3) is 0. The number of Topliss-reactive ketones (excluding diaryl/α,β-unsaturated/α-hetero) is 1. The van der Waals surface area contributed by atoms with E-state index in [-0.39, 0.29) is 5.56 Å². The third-order valence-electron chi connectivity index (χ3n) is 3.18. The molecule has 0 fully saturated rings. The Morgan fingerprint density at radius 2 is 1.95 bits per heavy atom. The zero-order valence-corrected chi connectivity index (χ0v) is 11.9. The van der Waals surface area contributed by atoms with Crippen LogP contribution in [0.5, 0.6) is 0 Å². The van der Waals surface area contributed by atoms with Crippen LogP contribution in [0.15, 0.2) is 48.7 Å². The number of H-pyrrole nitrogens is 1. The molecular formula is C16H10ClFN2O2. The van der Waals surface area contributed by atoms with Crippen LogP contribution in [0.2, 0.25) is 5.02 Å². The zero-order chi connectivity index (χ0) is 15.7. The minimum Gasteiger partial charge on any atom is -0.360 e. The number of nitrogens with one attached hydrogen (secondary N) is 2. The van der Waals surface area contributed by atoms with Gasteiger partial charge in [0.15, 0.2) is 0 Å². The molecule has 0 saturated carbocycles. The maximum atomic E-state index is 13.1. The van der Waals surface area contributed by atoms with Crippen LogP contribution in [0.3, 0.4) is 0 Å². The SMILES string of the molecule is O=C(Nc1cccc(Cl)c1)C(=O)c1c[nH]c2cc(F)ccc12. The average Bonchev–Trinajstić information content (AvgIpc) is 2.89. The van der Waals surface area contributed by atoms with Gasteiger partial charge in [0.05, 0.1) is 5.56 Å². The Labute approximate surface area is 129 Å². The van der Waals surface area contributed by atoms with Gasteiger partial charge in [-0.05, 0) is 36.4 Å². The van der Waals surface area contributed by atoms with Crippen LogP contribution >= 0.6 is 11.6 Å². The van der Waals surface area contributed by atoms with Crippen molar-refractivity contribution in [1.29, 1.82) is 0 Å². The lowest BCUT2D eigenvalue weighted by Gasteiger charge is -2.04. The van der Waals surface area contributed by atoms with Crippen LogP contribution in [-0.4, -0.2) is 16.7 Å². The third kappa shape index (κ3) is 2.71. The maximum Gasteiger partial charge on any atom is 0.296 e. The number of anilines is 1. The Balaban J connectivity index is 1.87. The Hall–Kier alpha value is -2.66. The maximum absolute atomic E-state index is 13.1. The van der Waals surface area contributed by atoms with Gasteiger partial charge in [0.2, 0.25) is 0 Å². The molecule has 0 bridgehead atoms. The number of carbonyl (C=O) groups is 2. The van der Waals surface area contributed by atoms with E-state index in [1.54, 1.807) is 18.2 Å². The van der Waals surface area contributed by atoms with E-state index in [1.807, 2.05) is 0 Å². The number of carbonyl (C=O) groups excluding carboxylic acids is 2. The van der Waals surface area contributed by atoms with Gasteiger partial charge < -0.3 is 10.3 Å². The molecule has 0 saturated heterocycles. The standard InChI is InChI=1S/C16H10ClFN2O2/c17-9-2-1-3-11(6-9)20-16(22)15(21)13-8-19-14-7-10(18)4-5-12(13)14/h1-8,19H,(H,20,22). The molecule has 4 nitrogen and oxygen atoms in total. The normalized spacial score (nSPS) is 10.6. The molecule has 0 aliphatic rings. The monoisotopic (exact) mass is 316 g/mol. The largest absolute Gasteiger partial charge is 0.360 e.